The van der Waals surface area contributed by atoms with E-state index in [1.54, 1.807) is 0 Å². The lowest BCUT2D eigenvalue weighted by Gasteiger charge is -1.98. The molecule has 2 N–H and O–H groups in total. The van der Waals surface area contributed by atoms with Crippen molar-refractivity contribution < 1.29 is 0 Å². The number of pyridine rings is 1. The van der Waals surface area contributed by atoms with Gasteiger partial charge in [-0.2, -0.15) is 0 Å². The van der Waals surface area contributed by atoms with Crippen LogP contribution in [0.2, 0.25) is 5.15 Å². The Labute approximate surface area is 81.1 Å². The predicted octanol–water partition coefficient (Wildman–Crippen LogP) is 1.75. The molecule has 0 saturated heterocycles. The Kier molecular flexibility index (Phi) is 1.98. The van der Waals surface area contributed by atoms with Crippen LogP contribution in [-0.2, 0) is 6.54 Å². The van der Waals surface area contributed by atoms with Crippen LogP contribution in [0.3, 0.4) is 0 Å². The van der Waals surface area contributed by atoms with E-state index in [9.17, 15) is 0 Å². The molecule has 2 rings (SSSR count). The molecule has 0 aromatic carbocycles. The van der Waals surface area contributed by atoms with Gasteiger partial charge in [-0.1, -0.05) is 17.7 Å². The van der Waals surface area contributed by atoms with Gasteiger partial charge >= 0.3 is 0 Å². The van der Waals surface area contributed by atoms with Gasteiger partial charge in [0.1, 0.15) is 11.0 Å². The van der Waals surface area contributed by atoms with Crippen LogP contribution in [0.1, 0.15) is 11.5 Å². The topological polar surface area (TPSA) is 43.3 Å². The average Bonchev–Trinajstić information content (AvgIpc) is 2.44. The van der Waals surface area contributed by atoms with E-state index in [1.807, 2.05) is 29.5 Å². The maximum absolute atomic E-state index is 6.01. The summed E-state index contributed by atoms with van der Waals surface area (Å²) in [5, 5.41) is 0.669. The minimum Gasteiger partial charge on any atom is -0.325 e. The van der Waals surface area contributed by atoms with Gasteiger partial charge in [0.2, 0.25) is 0 Å². The average molecular weight is 196 g/mol. The fourth-order valence-electron chi connectivity index (χ4n) is 1.49. The molecule has 2 aromatic heterocycles. The molecular weight excluding hydrogens is 186 g/mol. The Morgan fingerprint density at radius 2 is 2.31 bits per heavy atom. The highest BCUT2D eigenvalue weighted by molar-refractivity contribution is 6.29. The fourth-order valence-corrected chi connectivity index (χ4v) is 1.78. The van der Waals surface area contributed by atoms with Crippen molar-refractivity contribution >= 4 is 17.1 Å². The number of fused-ring (bicyclic) bond motifs is 1. The molecule has 2 heterocycles. The van der Waals surface area contributed by atoms with Gasteiger partial charge in [0.15, 0.2) is 0 Å². The largest absolute Gasteiger partial charge is 0.325 e. The Balaban J connectivity index is 2.87. The third-order valence-electron chi connectivity index (χ3n) is 2.05. The summed E-state index contributed by atoms with van der Waals surface area (Å²) in [6.45, 7) is 2.36. The van der Waals surface area contributed by atoms with Crippen molar-refractivity contribution in [2.24, 2.45) is 5.73 Å². The van der Waals surface area contributed by atoms with Crippen molar-refractivity contribution in [3.8, 4) is 0 Å². The third kappa shape index (κ3) is 1.20. The van der Waals surface area contributed by atoms with E-state index in [0.29, 0.717) is 11.7 Å². The molecule has 0 aliphatic carbocycles. The molecule has 0 spiro atoms. The van der Waals surface area contributed by atoms with Gasteiger partial charge in [-0.3, -0.25) is 4.40 Å². The summed E-state index contributed by atoms with van der Waals surface area (Å²) in [7, 11) is 0. The van der Waals surface area contributed by atoms with Crippen molar-refractivity contribution in [2.75, 3.05) is 0 Å². The van der Waals surface area contributed by atoms with Crippen molar-refractivity contribution in [3.05, 3.63) is 34.9 Å². The molecule has 13 heavy (non-hydrogen) atoms. The monoisotopic (exact) mass is 195 g/mol. The molecule has 0 atom stereocenters. The highest BCUT2D eigenvalue weighted by atomic mass is 35.5. The predicted molar refractivity (Wildman–Crippen MR) is 52.8 cm³/mol. The Bertz CT molecular complexity index is 447. The number of aromatic nitrogens is 2. The smallest absolute Gasteiger partial charge is 0.114 e. The Hall–Kier alpha value is -1.06. The maximum Gasteiger partial charge on any atom is 0.114 e. The number of imidazole rings is 1. The van der Waals surface area contributed by atoms with E-state index in [2.05, 4.69) is 4.98 Å². The summed E-state index contributed by atoms with van der Waals surface area (Å²) in [6.07, 6.45) is 0. The third-order valence-corrected chi connectivity index (χ3v) is 2.35. The first-order valence-corrected chi connectivity index (χ1v) is 4.44. The number of nitrogens with zero attached hydrogens (tertiary/aromatic N) is 2. The summed E-state index contributed by atoms with van der Waals surface area (Å²) in [6, 6.07) is 5.70. The molecular formula is C9H10ClN3. The molecule has 4 heteroatoms. The summed E-state index contributed by atoms with van der Waals surface area (Å²) < 4.78 is 1.89. The first-order chi connectivity index (χ1) is 6.24. The molecule has 68 valence electrons. The van der Waals surface area contributed by atoms with Gasteiger partial charge in [0.25, 0.3) is 0 Å². The van der Waals surface area contributed by atoms with E-state index in [-0.39, 0.29) is 0 Å². The normalized spacial score (nSPS) is 11.0. The Morgan fingerprint density at radius 3 is 3.00 bits per heavy atom. The van der Waals surface area contributed by atoms with Crippen LogP contribution in [0.15, 0.2) is 18.2 Å². The standard InChI is InChI=1S/C9H10ClN3/c1-6-12-7(5-11)8-3-2-4-9(10)13(6)8/h2-4H,5,11H2,1H3. The van der Waals surface area contributed by atoms with Crippen LogP contribution in [0.4, 0.5) is 0 Å². The van der Waals surface area contributed by atoms with E-state index < -0.39 is 0 Å². The maximum atomic E-state index is 6.01. The van der Waals surface area contributed by atoms with Crippen LogP contribution in [-0.4, -0.2) is 9.38 Å². The molecule has 2 aromatic rings. The molecule has 0 saturated carbocycles. The molecule has 0 amide bonds. The van der Waals surface area contributed by atoms with Gasteiger partial charge in [0.05, 0.1) is 11.2 Å². The Morgan fingerprint density at radius 1 is 1.54 bits per heavy atom. The number of hydrogen-bond donors (Lipinski definition) is 1. The van der Waals surface area contributed by atoms with E-state index in [4.69, 9.17) is 17.3 Å². The van der Waals surface area contributed by atoms with E-state index in [0.717, 1.165) is 17.0 Å². The number of halogens is 1. The van der Waals surface area contributed by atoms with Crippen LogP contribution >= 0.6 is 11.6 Å². The van der Waals surface area contributed by atoms with Gasteiger partial charge in [-0.05, 0) is 19.1 Å². The molecule has 0 aliphatic heterocycles. The zero-order chi connectivity index (χ0) is 9.42. The van der Waals surface area contributed by atoms with Crippen LogP contribution in [0, 0.1) is 6.92 Å². The summed E-state index contributed by atoms with van der Waals surface area (Å²) >= 11 is 6.01. The van der Waals surface area contributed by atoms with E-state index in [1.165, 1.54) is 0 Å². The summed E-state index contributed by atoms with van der Waals surface area (Å²) in [4.78, 5) is 4.32. The van der Waals surface area contributed by atoms with Crippen molar-refractivity contribution in [1.29, 1.82) is 0 Å². The second-order valence-electron chi connectivity index (χ2n) is 2.88. The molecule has 0 radical (unpaired) electrons. The van der Waals surface area contributed by atoms with E-state index >= 15 is 0 Å². The number of hydrogen-bond acceptors (Lipinski definition) is 2. The van der Waals surface area contributed by atoms with Crippen molar-refractivity contribution in [2.45, 2.75) is 13.5 Å². The quantitative estimate of drug-likeness (QED) is 0.705. The highest BCUT2D eigenvalue weighted by Crippen LogP contribution is 2.18. The lowest BCUT2D eigenvalue weighted by Crippen LogP contribution is -1.96. The van der Waals surface area contributed by atoms with Gasteiger partial charge in [-0.25, -0.2) is 4.98 Å². The first kappa shape index (κ1) is 8.53. The lowest BCUT2D eigenvalue weighted by atomic mass is 10.3. The van der Waals surface area contributed by atoms with Gasteiger partial charge < -0.3 is 5.73 Å². The lowest BCUT2D eigenvalue weighted by molar-refractivity contribution is 0.991. The minimum atomic E-state index is 0.442. The molecule has 0 aliphatic rings. The summed E-state index contributed by atoms with van der Waals surface area (Å²) in [5.41, 5.74) is 7.44. The minimum absolute atomic E-state index is 0.442. The second-order valence-corrected chi connectivity index (χ2v) is 3.27. The van der Waals surface area contributed by atoms with Gasteiger partial charge in [-0.15, -0.1) is 0 Å². The number of rotatable bonds is 1. The van der Waals surface area contributed by atoms with Crippen LogP contribution in [0.25, 0.3) is 5.52 Å². The molecule has 3 nitrogen and oxygen atoms in total. The van der Waals surface area contributed by atoms with Crippen LogP contribution < -0.4 is 5.73 Å². The zero-order valence-corrected chi connectivity index (χ0v) is 8.04. The second kappa shape index (κ2) is 3.01. The molecule has 0 fully saturated rings. The summed E-state index contributed by atoms with van der Waals surface area (Å²) in [5.74, 6) is 0.876. The van der Waals surface area contributed by atoms with Gasteiger partial charge in [0, 0.05) is 6.54 Å². The molecule has 0 unspecified atom stereocenters. The molecule has 0 bridgehead atoms. The number of nitrogens with two attached hydrogens (primary N) is 1. The SMILES string of the molecule is Cc1nc(CN)c2cccc(Cl)n12. The first-order valence-electron chi connectivity index (χ1n) is 4.06. The van der Waals surface area contributed by atoms with Crippen LogP contribution in [0.5, 0.6) is 0 Å². The highest BCUT2D eigenvalue weighted by Gasteiger charge is 2.07. The van der Waals surface area contributed by atoms with Crippen molar-refractivity contribution in [3.63, 3.8) is 0 Å². The van der Waals surface area contributed by atoms with Crippen molar-refractivity contribution in [1.82, 2.24) is 9.38 Å². The number of aryl methyl sites for hydroxylation is 1. The fraction of sp³-hybridized carbons (Fsp3) is 0.222. The zero-order valence-electron chi connectivity index (χ0n) is 7.29.